The van der Waals surface area contributed by atoms with Crippen LogP contribution in [0.15, 0.2) is 77.8 Å². The summed E-state index contributed by atoms with van der Waals surface area (Å²) in [4.78, 5) is 17.4. The molecule has 0 aliphatic heterocycles. The van der Waals surface area contributed by atoms with E-state index in [9.17, 15) is 4.79 Å². The Kier molecular flexibility index (Phi) is 8.33. The fourth-order valence-corrected chi connectivity index (χ4v) is 4.89. The first kappa shape index (κ1) is 24.7. The van der Waals surface area contributed by atoms with Crippen molar-refractivity contribution in [2.24, 2.45) is 0 Å². The number of nitrogens with one attached hydrogen (secondary N) is 1. The number of aryl methyl sites for hydroxylation is 1. The zero-order chi connectivity index (χ0) is 24.6. The van der Waals surface area contributed by atoms with Crippen molar-refractivity contribution in [3.05, 3.63) is 84.0 Å². The topological polar surface area (TPSA) is 81.9 Å². The second kappa shape index (κ2) is 11.8. The zero-order valence-corrected chi connectivity index (χ0v) is 21.3. The molecule has 180 valence electrons. The van der Waals surface area contributed by atoms with Crippen molar-refractivity contribution in [2.75, 3.05) is 5.32 Å². The van der Waals surface area contributed by atoms with Crippen LogP contribution >= 0.6 is 23.1 Å². The van der Waals surface area contributed by atoms with E-state index in [2.05, 4.69) is 46.1 Å². The molecular formula is C26H27N5O2S2. The molecule has 1 atom stereocenters. The van der Waals surface area contributed by atoms with Crippen LogP contribution in [-0.2, 0) is 24.4 Å². The summed E-state index contributed by atoms with van der Waals surface area (Å²) in [5.41, 5.74) is 3.11. The highest BCUT2D eigenvalue weighted by molar-refractivity contribution is 8.00. The Morgan fingerprint density at radius 3 is 2.69 bits per heavy atom. The largest absolute Gasteiger partial charge is 0.486 e. The predicted octanol–water partition coefficient (Wildman–Crippen LogP) is 5.85. The number of hydrogen-bond donors (Lipinski definition) is 1. The molecule has 2 aromatic heterocycles. The normalized spacial score (nSPS) is 11.7. The van der Waals surface area contributed by atoms with E-state index in [0.717, 1.165) is 23.4 Å². The molecule has 4 rings (SSSR count). The van der Waals surface area contributed by atoms with E-state index in [0.29, 0.717) is 22.7 Å². The quantitative estimate of drug-likeness (QED) is 0.203. The molecule has 0 unspecified atom stereocenters. The fraction of sp³-hybridized carbons (Fsp3) is 0.231. The number of carbonyl (C=O) groups excluding carboxylic acids is 1. The molecule has 0 aliphatic rings. The number of amides is 1. The first-order chi connectivity index (χ1) is 17.1. The summed E-state index contributed by atoms with van der Waals surface area (Å²) in [7, 11) is 0. The van der Waals surface area contributed by atoms with Crippen molar-refractivity contribution in [1.82, 2.24) is 19.7 Å². The summed E-state index contributed by atoms with van der Waals surface area (Å²) >= 11 is 2.74. The van der Waals surface area contributed by atoms with Crippen LogP contribution in [0.4, 0.5) is 5.13 Å². The van der Waals surface area contributed by atoms with Crippen LogP contribution in [0.25, 0.3) is 11.3 Å². The van der Waals surface area contributed by atoms with Gasteiger partial charge in [-0.1, -0.05) is 67.2 Å². The predicted molar refractivity (Wildman–Crippen MR) is 142 cm³/mol. The van der Waals surface area contributed by atoms with Gasteiger partial charge in [0.2, 0.25) is 5.91 Å². The van der Waals surface area contributed by atoms with Crippen LogP contribution in [-0.4, -0.2) is 30.9 Å². The molecule has 0 aliphatic carbocycles. The van der Waals surface area contributed by atoms with E-state index in [1.807, 2.05) is 59.3 Å². The van der Waals surface area contributed by atoms with Crippen LogP contribution in [0.3, 0.4) is 0 Å². The summed E-state index contributed by atoms with van der Waals surface area (Å²) < 4.78 is 7.82. The minimum Gasteiger partial charge on any atom is -0.486 e. The van der Waals surface area contributed by atoms with Crippen LogP contribution in [0.5, 0.6) is 5.75 Å². The van der Waals surface area contributed by atoms with E-state index in [1.54, 1.807) is 6.08 Å². The summed E-state index contributed by atoms with van der Waals surface area (Å²) in [5, 5.41) is 14.2. The maximum atomic E-state index is 12.8. The zero-order valence-electron chi connectivity index (χ0n) is 19.7. The molecule has 35 heavy (non-hydrogen) atoms. The maximum Gasteiger partial charge on any atom is 0.239 e. The number of anilines is 1. The lowest BCUT2D eigenvalue weighted by atomic mass is 10.2. The van der Waals surface area contributed by atoms with Gasteiger partial charge in [0.1, 0.15) is 12.4 Å². The summed E-state index contributed by atoms with van der Waals surface area (Å²) in [6.45, 7) is 8.59. The monoisotopic (exact) mass is 505 g/mol. The second-order valence-electron chi connectivity index (χ2n) is 7.74. The van der Waals surface area contributed by atoms with Crippen molar-refractivity contribution >= 4 is 34.1 Å². The van der Waals surface area contributed by atoms with Gasteiger partial charge in [0.15, 0.2) is 16.1 Å². The van der Waals surface area contributed by atoms with Gasteiger partial charge in [-0.2, -0.15) is 0 Å². The van der Waals surface area contributed by atoms with Gasteiger partial charge in [0.25, 0.3) is 0 Å². The lowest BCUT2D eigenvalue weighted by Gasteiger charge is -2.12. The lowest BCUT2D eigenvalue weighted by molar-refractivity contribution is -0.115. The minimum atomic E-state index is -0.401. The number of carbonyl (C=O) groups is 1. The van der Waals surface area contributed by atoms with E-state index < -0.39 is 5.25 Å². The third-order valence-corrected chi connectivity index (χ3v) is 7.10. The van der Waals surface area contributed by atoms with Crippen LogP contribution < -0.4 is 10.1 Å². The van der Waals surface area contributed by atoms with Crippen LogP contribution in [0, 0.1) is 0 Å². The van der Waals surface area contributed by atoms with Crippen LogP contribution in [0.1, 0.15) is 25.2 Å². The molecule has 1 N–H and O–H groups in total. The van der Waals surface area contributed by atoms with E-state index in [1.165, 1.54) is 28.7 Å². The Labute approximate surface area is 213 Å². The average molecular weight is 506 g/mol. The smallest absolute Gasteiger partial charge is 0.239 e. The number of thioether (sulfide) groups is 1. The van der Waals surface area contributed by atoms with Gasteiger partial charge < -0.3 is 10.1 Å². The van der Waals surface area contributed by atoms with Crippen molar-refractivity contribution in [3.8, 4) is 17.0 Å². The number of thiazole rings is 1. The highest BCUT2D eigenvalue weighted by atomic mass is 32.2. The number of benzene rings is 2. The maximum absolute atomic E-state index is 12.8. The summed E-state index contributed by atoms with van der Waals surface area (Å²) in [6.07, 6.45) is 2.76. The highest BCUT2D eigenvalue weighted by Gasteiger charge is 2.21. The summed E-state index contributed by atoms with van der Waals surface area (Å²) in [5.74, 6) is 1.30. The van der Waals surface area contributed by atoms with Crippen molar-refractivity contribution in [2.45, 2.75) is 43.8 Å². The standard InChI is InChI=1S/C26H27N5O2S2/c1-4-15-31-23(16-33-21-13-11-19(5-2)12-14-21)29-30-26(31)35-18(3)24(32)28-25-27-22(17-34-25)20-9-7-6-8-10-20/h4,6-14,17-18H,1,5,15-16H2,2-3H3,(H,27,28,32)/t18-/m1/s1. The summed E-state index contributed by atoms with van der Waals surface area (Å²) in [6, 6.07) is 17.9. The van der Waals surface area contributed by atoms with Gasteiger partial charge in [0, 0.05) is 17.5 Å². The second-order valence-corrected chi connectivity index (χ2v) is 9.90. The molecular weight excluding hydrogens is 478 g/mol. The number of nitrogens with zero attached hydrogens (tertiary/aromatic N) is 4. The van der Waals surface area contributed by atoms with Crippen molar-refractivity contribution < 1.29 is 9.53 Å². The molecule has 0 spiro atoms. The van der Waals surface area contributed by atoms with Gasteiger partial charge >= 0.3 is 0 Å². The van der Waals surface area contributed by atoms with Gasteiger partial charge in [-0.05, 0) is 31.0 Å². The van der Waals surface area contributed by atoms with E-state index in [4.69, 9.17) is 4.74 Å². The molecule has 1 amide bonds. The molecule has 4 aromatic rings. The van der Waals surface area contributed by atoms with Crippen molar-refractivity contribution in [1.29, 1.82) is 0 Å². The molecule has 2 aromatic carbocycles. The van der Waals surface area contributed by atoms with Gasteiger partial charge in [0.05, 0.1) is 10.9 Å². The highest BCUT2D eigenvalue weighted by Crippen LogP contribution is 2.27. The number of hydrogen-bond acceptors (Lipinski definition) is 7. The Hall–Kier alpha value is -3.43. The van der Waals surface area contributed by atoms with Gasteiger partial charge in [-0.25, -0.2) is 4.98 Å². The molecule has 9 heteroatoms. The third kappa shape index (κ3) is 6.37. The number of rotatable bonds is 11. The first-order valence-electron chi connectivity index (χ1n) is 11.3. The van der Waals surface area contributed by atoms with Gasteiger partial charge in [-0.15, -0.1) is 28.1 Å². The number of aromatic nitrogens is 4. The molecule has 0 saturated heterocycles. The molecule has 0 saturated carbocycles. The van der Waals surface area contributed by atoms with Crippen LogP contribution in [0.2, 0.25) is 0 Å². The molecule has 2 heterocycles. The average Bonchev–Trinajstić information content (AvgIpc) is 3.51. The Morgan fingerprint density at radius 2 is 1.97 bits per heavy atom. The van der Waals surface area contributed by atoms with E-state index in [-0.39, 0.29) is 12.5 Å². The minimum absolute atomic E-state index is 0.147. The molecule has 7 nitrogen and oxygen atoms in total. The third-order valence-electron chi connectivity index (χ3n) is 5.26. The Morgan fingerprint density at radius 1 is 1.20 bits per heavy atom. The van der Waals surface area contributed by atoms with E-state index >= 15 is 0 Å². The SMILES string of the molecule is C=CCn1c(COc2ccc(CC)cc2)nnc1S[C@H](C)C(=O)Nc1nc(-c2ccccc2)cs1. The fourth-order valence-electron chi connectivity index (χ4n) is 3.29. The number of allylic oxidation sites excluding steroid dienone is 1. The number of ether oxygens (including phenoxy) is 1. The van der Waals surface area contributed by atoms with Crippen molar-refractivity contribution in [3.63, 3.8) is 0 Å². The lowest BCUT2D eigenvalue weighted by Crippen LogP contribution is -2.23. The van der Waals surface area contributed by atoms with Gasteiger partial charge in [-0.3, -0.25) is 9.36 Å². The molecule has 0 fully saturated rings. The Balaban J connectivity index is 1.38. The molecule has 0 radical (unpaired) electrons. The first-order valence-corrected chi connectivity index (χ1v) is 13.1. The molecule has 0 bridgehead atoms. The Bertz CT molecular complexity index is 1270.